The van der Waals surface area contributed by atoms with E-state index in [2.05, 4.69) is 46.4 Å². The third-order valence-corrected chi connectivity index (χ3v) is 5.03. The number of nitrogens with one attached hydrogen (secondary N) is 1. The number of hydrogen-bond donors (Lipinski definition) is 1. The molecule has 124 valence electrons. The second-order valence-corrected chi connectivity index (χ2v) is 6.93. The minimum Gasteiger partial charge on any atom is -0.338 e. The topological polar surface area (TPSA) is 45.2 Å². The molecule has 2 atom stereocenters. The molecule has 2 aromatic rings. The van der Waals surface area contributed by atoms with Gasteiger partial charge in [0, 0.05) is 43.5 Å². The lowest BCUT2D eigenvalue weighted by atomic mass is 10.0. The maximum absolute atomic E-state index is 12.1. The van der Waals surface area contributed by atoms with Crippen LogP contribution in [0.3, 0.4) is 0 Å². The quantitative estimate of drug-likeness (QED) is 0.920. The number of aromatic nitrogens is 1. The van der Waals surface area contributed by atoms with Gasteiger partial charge in [-0.1, -0.05) is 18.2 Å². The molecule has 2 fully saturated rings. The first kappa shape index (κ1) is 15.3. The van der Waals surface area contributed by atoms with Crippen LogP contribution < -0.4 is 5.32 Å². The molecule has 2 heterocycles. The Bertz CT molecular complexity index is 727. The summed E-state index contributed by atoms with van der Waals surface area (Å²) in [5.41, 5.74) is 3.63. The number of nitrogens with zero attached hydrogens (tertiary/aromatic N) is 2. The predicted molar refractivity (Wildman–Crippen MR) is 94.4 cm³/mol. The molecule has 1 N–H and O–H groups in total. The molecule has 24 heavy (non-hydrogen) atoms. The summed E-state index contributed by atoms with van der Waals surface area (Å²) < 4.78 is 0. The number of likely N-dealkylation sites (tertiary alicyclic amines) is 1. The second-order valence-electron chi connectivity index (χ2n) is 6.93. The molecule has 0 bridgehead atoms. The highest BCUT2D eigenvalue weighted by molar-refractivity contribution is 5.80. The van der Waals surface area contributed by atoms with Crippen molar-refractivity contribution < 1.29 is 4.79 Å². The van der Waals surface area contributed by atoms with Crippen LogP contribution in [0.1, 0.15) is 37.8 Å². The van der Waals surface area contributed by atoms with Gasteiger partial charge in [-0.3, -0.25) is 9.78 Å². The summed E-state index contributed by atoms with van der Waals surface area (Å²) in [5, 5.41) is 3.64. The smallest absolute Gasteiger partial charge is 0.224 e. The van der Waals surface area contributed by atoms with Gasteiger partial charge in [-0.25, -0.2) is 0 Å². The first-order chi connectivity index (χ1) is 11.7. The third-order valence-electron chi connectivity index (χ3n) is 5.03. The number of rotatable bonds is 5. The van der Waals surface area contributed by atoms with E-state index in [4.69, 9.17) is 0 Å². The van der Waals surface area contributed by atoms with Crippen LogP contribution in [0.2, 0.25) is 0 Å². The first-order valence-electron chi connectivity index (χ1n) is 8.76. The van der Waals surface area contributed by atoms with Crippen LogP contribution in [0.4, 0.5) is 0 Å². The van der Waals surface area contributed by atoms with Crippen LogP contribution in [0, 0.1) is 0 Å². The Morgan fingerprint density at radius 2 is 1.96 bits per heavy atom. The molecule has 4 nitrogen and oxygen atoms in total. The van der Waals surface area contributed by atoms with Gasteiger partial charge in [-0.15, -0.1) is 0 Å². The molecular formula is C20H23N3O. The second kappa shape index (κ2) is 6.36. The van der Waals surface area contributed by atoms with E-state index in [9.17, 15) is 4.79 Å². The number of hydrogen-bond acceptors (Lipinski definition) is 3. The van der Waals surface area contributed by atoms with E-state index < -0.39 is 0 Å². The maximum atomic E-state index is 12.1. The van der Waals surface area contributed by atoms with Crippen LogP contribution in [0.5, 0.6) is 0 Å². The van der Waals surface area contributed by atoms with Crippen LogP contribution in [0.25, 0.3) is 11.1 Å². The molecule has 1 aromatic carbocycles. The fraction of sp³-hybridized carbons (Fsp3) is 0.400. The minimum absolute atomic E-state index is 0.226. The Morgan fingerprint density at radius 3 is 2.71 bits per heavy atom. The lowest BCUT2D eigenvalue weighted by Crippen LogP contribution is -2.35. The van der Waals surface area contributed by atoms with E-state index in [1.165, 1.54) is 29.5 Å². The van der Waals surface area contributed by atoms with Crippen molar-refractivity contribution in [1.82, 2.24) is 15.2 Å². The van der Waals surface area contributed by atoms with Crippen LogP contribution in [-0.4, -0.2) is 34.4 Å². The SMILES string of the molecule is C[C@@H](N[C@@H]1CC(=O)N(C2CC2)C1)c1cccc(-c2ccncc2)c1. The molecule has 1 aliphatic heterocycles. The van der Waals surface area contributed by atoms with Crippen molar-refractivity contribution in [2.24, 2.45) is 0 Å². The summed E-state index contributed by atoms with van der Waals surface area (Å²) in [5.74, 6) is 0.313. The molecule has 2 aliphatic rings. The van der Waals surface area contributed by atoms with E-state index in [0.717, 1.165) is 6.54 Å². The summed E-state index contributed by atoms with van der Waals surface area (Å²) in [6.07, 6.45) is 6.63. The average Bonchev–Trinajstić information content (AvgIpc) is 3.39. The molecule has 0 unspecified atom stereocenters. The lowest BCUT2D eigenvalue weighted by molar-refractivity contribution is -0.128. The van der Waals surface area contributed by atoms with Crippen molar-refractivity contribution in [3.05, 3.63) is 54.4 Å². The highest BCUT2D eigenvalue weighted by Gasteiger charge is 2.39. The van der Waals surface area contributed by atoms with E-state index in [1.807, 2.05) is 24.5 Å². The van der Waals surface area contributed by atoms with Crippen molar-refractivity contribution in [3.8, 4) is 11.1 Å². The summed E-state index contributed by atoms with van der Waals surface area (Å²) in [6, 6.07) is 13.7. The fourth-order valence-electron chi connectivity index (χ4n) is 3.56. The number of benzene rings is 1. The molecule has 1 saturated heterocycles. The van der Waals surface area contributed by atoms with Gasteiger partial charge < -0.3 is 10.2 Å². The molecule has 0 radical (unpaired) electrons. The van der Waals surface area contributed by atoms with Gasteiger partial charge in [0.15, 0.2) is 0 Å². The number of carbonyl (C=O) groups is 1. The van der Waals surface area contributed by atoms with Gasteiger partial charge in [-0.2, -0.15) is 0 Å². The van der Waals surface area contributed by atoms with Crippen molar-refractivity contribution in [1.29, 1.82) is 0 Å². The first-order valence-corrected chi connectivity index (χ1v) is 8.76. The molecule has 1 aromatic heterocycles. The maximum Gasteiger partial charge on any atom is 0.224 e. The molecule has 1 aliphatic carbocycles. The van der Waals surface area contributed by atoms with Crippen LogP contribution in [-0.2, 0) is 4.79 Å². The van der Waals surface area contributed by atoms with Gasteiger partial charge in [-0.05, 0) is 54.7 Å². The minimum atomic E-state index is 0.226. The molecule has 1 amide bonds. The monoisotopic (exact) mass is 321 g/mol. The fourth-order valence-corrected chi connectivity index (χ4v) is 3.56. The predicted octanol–water partition coefficient (Wildman–Crippen LogP) is 3.16. The Balaban J connectivity index is 1.45. The van der Waals surface area contributed by atoms with E-state index in [1.54, 1.807) is 0 Å². The van der Waals surface area contributed by atoms with Gasteiger partial charge >= 0.3 is 0 Å². The van der Waals surface area contributed by atoms with Crippen LogP contribution in [0.15, 0.2) is 48.8 Å². The van der Waals surface area contributed by atoms with Gasteiger partial charge in [0.05, 0.1) is 0 Å². The van der Waals surface area contributed by atoms with Gasteiger partial charge in [0.1, 0.15) is 0 Å². The van der Waals surface area contributed by atoms with Crippen LogP contribution >= 0.6 is 0 Å². The highest BCUT2D eigenvalue weighted by atomic mass is 16.2. The van der Waals surface area contributed by atoms with Crippen molar-refractivity contribution in [2.75, 3.05) is 6.54 Å². The molecular weight excluding hydrogens is 298 g/mol. The Kier molecular flexibility index (Phi) is 4.07. The van der Waals surface area contributed by atoms with E-state index in [-0.39, 0.29) is 12.1 Å². The van der Waals surface area contributed by atoms with E-state index in [0.29, 0.717) is 18.4 Å². The standard InChI is InChI=1S/C20H23N3O/c1-14(22-18-12-20(24)23(13-18)19-5-6-19)16-3-2-4-17(11-16)15-7-9-21-10-8-15/h2-4,7-11,14,18-19,22H,5-6,12-13H2,1H3/t14-,18-/m1/s1. The number of pyridine rings is 1. The Morgan fingerprint density at radius 1 is 1.17 bits per heavy atom. The Labute approximate surface area is 142 Å². The number of amides is 1. The zero-order chi connectivity index (χ0) is 16.5. The van der Waals surface area contributed by atoms with Crippen molar-refractivity contribution in [2.45, 2.75) is 44.3 Å². The van der Waals surface area contributed by atoms with Gasteiger partial charge in [0.25, 0.3) is 0 Å². The summed E-state index contributed by atoms with van der Waals surface area (Å²) >= 11 is 0. The molecule has 1 saturated carbocycles. The Hall–Kier alpha value is -2.20. The number of carbonyl (C=O) groups excluding carboxylic acids is 1. The molecule has 4 heteroatoms. The summed E-state index contributed by atoms with van der Waals surface area (Å²) in [7, 11) is 0. The zero-order valence-electron chi connectivity index (χ0n) is 14.0. The van der Waals surface area contributed by atoms with Crippen molar-refractivity contribution in [3.63, 3.8) is 0 Å². The highest BCUT2D eigenvalue weighted by Crippen LogP contribution is 2.31. The molecule has 4 rings (SSSR count). The van der Waals surface area contributed by atoms with E-state index >= 15 is 0 Å². The molecule has 0 spiro atoms. The average molecular weight is 321 g/mol. The normalized spacial score (nSPS) is 22.0. The lowest BCUT2D eigenvalue weighted by Gasteiger charge is -2.21. The van der Waals surface area contributed by atoms with Crippen molar-refractivity contribution >= 4 is 5.91 Å². The van der Waals surface area contributed by atoms with Gasteiger partial charge in [0.2, 0.25) is 5.91 Å². The largest absolute Gasteiger partial charge is 0.338 e. The summed E-state index contributed by atoms with van der Waals surface area (Å²) in [6.45, 7) is 3.04. The zero-order valence-corrected chi connectivity index (χ0v) is 14.0. The summed E-state index contributed by atoms with van der Waals surface area (Å²) in [4.78, 5) is 18.3. The third kappa shape index (κ3) is 3.20.